The highest BCUT2D eigenvalue weighted by atomic mass is 16.2. The molecular formula is C14H15N3O4. The van der Waals surface area contributed by atoms with Crippen LogP contribution in [0.15, 0.2) is 24.3 Å². The van der Waals surface area contributed by atoms with Crippen LogP contribution in [-0.4, -0.2) is 23.8 Å². The first-order valence-corrected chi connectivity index (χ1v) is 6.31. The molecule has 2 rings (SSSR count). The van der Waals surface area contributed by atoms with E-state index in [2.05, 4.69) is 10.6 Å². The Kier molecular flexibility index (Phi) is 3.51. The second-order valence-electron chi connectivity index (χ2n) is 5.25. The van der Waals surface area contributed by atoms with Gasteiger partial charge in [-0.15, -0.1) is 0 Å². The number of imide groups is 2. The molecule has 0 saturated carbocycles. The maximum absolute atomic E-state index is 12.3. The van der Waals surface area contributed by atoms with Crippen molar-refractivity contribution in [3.63, 3.8) is 0 Å². The fourth-order valence-corrected chi connectivity index (χ4v) is 1.91. The first-order valence-electron chi connectivity index (χ1n) is 6.31. The van der Waals surface area contributed by atoms with Gasteiger partial charge in [0.05, 0.1) is 5.69 Å². The van der Waals surface area contributed by atoms with Crippen molar-refractivity contribution in [3.05, 3.63) is 24.3 Å². The van der Waals surface area contributed by atoms with Gasteiger partial charge in [0.2, 0.25) is 17.7 Å². The molecule has 2 N–H and O–H groups in total. The van der Waals surface area contributed by atoms with E-state index in [1.54, 1.807) is 12.1 Å². The summed E-state index contributed by atoms with van der Waals surface area (Å²) < 4.78 is 0. The van der Waals surface area contributed by atoms with Crippen LogP contribution in [0.2, 0.25) is 0 Å². The minimum Gasteiger partial charge on any atom is -0.326 e. The molecule has 1 aliphatic rings. The average molecular weight is 289 g/mol. The first-order chi connectivity index (χ1) is 9.73. The Morgan fingerprint density at radius 2 is 1.71 bits per heavy atom. The van der Waals surface area contributed by atoms with Gasteiger partial charge in [0.25, 0.3) is 0 Å². The third kappa shape index (κ3) is 2.62. The summed E-state index contributed by atoms with van der Waals surface area (Å²) in [6, 6.07) is 5.40. The van der Waals surface area contributed by atoms with Crippen molar-refractivity contribution >= 4 is 35.1 Å². The maximum Gasteiger partial charge on any atom is 0.335 e. The molecule has 1 aromatic rings. The lowest BCUT2D eigenvalue weighted by Crippen LogP contribution is -2.62. The molecule has 21 heavy (non-hydrogen) atoms. The van der Waals surface area contributed by atoms with Gasteiger partial charge in [-0.1, -0.05) is 0 Å². The monoisotopic (exact) mass is 289 g/mol. The topological polar surface area (TPSA) is 95.6 Å². The van der Waals surface area contributed by atoms with E-state index in [0.29, 0.717) is 11.4 Å². The predicted octanol–water partition coefficient (Wildman–Crippen LogP) is 1.25. The summed E-state index contributed by atoms with van der Waals surface area (Å²) in [6.07, 6.45) is 0. The number of urea groups is 1. The molecule has 0 unspecified atom stereocenters. The van der Waals surface area contributed by atoms with Crippen LogP contribution in [0.4, 0.5) is 16.2 Å². The summed E-state index contributed by atoms with van der Waals surface area (Å²) in [4.78, 5) is 47.7. The minimum atomic E-state index is -1.32. The Morgan fingerprint density at radius 3 is 2.24 bits per heavy atom. The Morgan fingerprint density at radius 1 is 1.14 bits per heavy atom. The molecular weight excluding hydrogens is 274 g/mol. The number of hydrogen-bond donors (Lipinski definition) is 2. The molecule has 0 aromatic heterocycles. The van der Waals surface area contributed by atoms with Crippen LogP contribution < -0.4 is 15.5 Å². The van der Waals surface area contributed by atoms with Crippen molar-refractivity contribution < 1.29 is 19.2 Å². The van der Waals surface area contributed by atoms with Crippen LogP contribution in [0.25, 0.3) is 0 Å². The molecule has 1 aromatic carbocycles. The van der Waals surface area contributed by atoms with Crippen molar-refractivity contribution in [3.8, 4) is 0 Å². The van der Waals surface area contributed by atoms with Crippen molar-refractivity contribution in [2.24, 2.45) is 5.41 Å². The van der Waals surface area contributed by atoms with Gasteiger partial charge < -0.3 is 5.32 Å². The molecule has 110 valence electrons. The number of hydrogen-bond acceptors (Lipinski definition) is 4. The van der Waals surface area contributed by atoms with Gasteiger partial charge >= 0.3 is 6.03 Å². The summed E-state index contributed by atoms with van der Waals surface area (Å²) in [7, 11) is 0. The number of rotatable bonds is 2. The molecule has 1 fully saturated rings. The van der Waals surface area contributed by atoms with E-state index in [1.165, 1.54) is 32.9 Å². The van der Waals surface area contributed by atoms with Crippen molar-refractivity contribution in [1.82, 2.24) is 5.32 Å². The molecule has 1 heterocycles. The molecule has 0 atom stereocenters. The van der Waals surface area contributed by atoms with E-state index in [0.717, 1.165) is 4.90 Å². The van der Waals surface area contributed by atoms with Gasteiger partial charge in [-0.25, -0.2) is 9.69 Å². The Hall–Kier alpha value is -2.70. The van der Waals surface area contributed by atoms with E-state index < -0.39 is 23.3 Å². The van der Waals surface area contributed by atoms with Gasteiger partial charge in [0, 0.05) is 12.6 Å². The molecule has 0 bridgehead atoms. The Labute approximate surface area is 121 Å². The van der Waals surface area contributed by atoms with Gasteiger partial charge in [-0.2, -0.15) is 0 Å². The lowest BCUT2D eigenvalue weighted by molar-refractivity contribution is -0.140. The average Bonchev–Trinajstić information content (AvgIpc) is 2.38. The largest absolute Gasteiger partial charge is 0.335 e. The first kappa shape index (κ1) is 14.7. The lowest BCUT2D eigenvalue weighted by Gasteiger charge is -2.34. The van der Waals surface area contributed by atoms with Crippen molar-refractivity contribution in [2.45, 2.75) is 20.8 Å². The Bertz CT molecular complexity index is 634. The Balaban J connectivity index is 2.32. The number of nitrogens with zero attached hydrogens (tertiary/aromatic N) is 1. The molecule has 0 radical (unpaired) electrons. The fourth-order valence-electron chi connectivity index (χ4n) is 1.91. The summed E-state index contributed by atoms with van der Waals surface area (Å²) in [5.74, 6) is -1.44. The highest BCUT2D eigenvalue weighted by Crippen LogP contribution is 2.28. The maximum atomic E-state index is 12.3. The standard InChI is InChI=1S/C14H15N3O4/c1-8(18)15-9-4-6-10(7-5-9)17-12(20)14(2,3)11(19)16-13(17)21/h4-7H,1-3H3,(H,15,18)(H,16,19,21). The number of anilines is 2. The van der Waals surface area contributed by atoms with Gasteiger partial charge in [0.1, 0.15) is 5.41 Å². The number of carbonyl (C=O) groups excluding carboxylic acids is 4. The van der Waals surface area contributed by atoms with Gasteiger partial charge in [0.15, 0.2) is 0 Å². The molecule has 0 aliphatic carbocycles. The second kappa shape index (κ2) is 5.01. The summed E-state index contributed by atoms with van der Waals surface area (Å²) in [5, 5.41) is 4.74. The molecule has 5 amide bonds. The number of benzene rings is 1. The fraction of sp³-hybridized carbons (Fsp3) is 0.286. The summed E-state index contributed by atoms with van der Waals surface area (Å²) in [6.45, 7) is 4.29. The number of amides is 5. The SMILES string of the molecule is CC(=O)Nc1ccc(N2C(=O)NC(=O)C(C)(C)C2=O)cc1. The zero-order valence-electron chi connectivity index (χ0n) is 11.9. The molecule has 1 saturated heterocycles. The van der Waals surface area contributed by atoms with Gasteiger partial charge in [-0.3, -0.25) is 19.7 Å². The van der Waals surface area contributed by atoms with Crippen molar-refractivity contribution in [1.29, 1.82) is 0 Å². The van der Waals surface area contributed by atoms with Crippen LogP contribution in [0.1, 0.15) is 20.8 Å². The molecule has 1 aliphatic heterocycles. The van der Waals surface area contributed by atoms with E-state index >= 15 is 0 Å². The third-order valence-corrected chi connectivity index (χ3v) is 3.17. The van der Waals surface area contributed by atoms with Crippen molar-refractivity contribution in [2.75, 3.05) is 10.2 Å². The quantitative estimate of drug-likeness (QED) is 0.801. The zero-order chi connectivity index (χ0) is 15.8. The highest BCUT2D eigenvalue weighted by Gasteiger charge is 2.47. The van der Waals surface area contributed by atoms with E-state index in [9.17, 15) is 19.2 Å². The smallest absolute Gasteiger partial charge is 0.326 e. The van der Waals surface area contributed by atoms with Crippen LogP contribution >= 0.6 is 0 Å². The second-order valence-corrected chi connectivity index (χ2v) is 5.25. The zero-order valence-corrected chi connectivity index (χ0v) is 11.9. The third-order valence-electron chi connectivity index (χ3n) is 3.17. The van der Waals surface area contributed by atoms with E-state index in [-0.39, 0.29) is 5.91 Å². The number of barbiturate groups is 1. The van der Waals surface area contributed by atoms with Crippen LogP contribution in [0.3, 0.4) is 0 Å². The molecule has 7 heteroatoms. The highest BCUT2D eigenvalue weighted by molar-refractivity contribution is 6.29. The summed E-state index contributed by atoms with van der Waals surface area (Å²) >= 11 is 0. The number of carbonyl (C=O) groups is 4. The minimum absolute atomic E-state index is 0.221. The lowest BCUT2D eigenvalue weighted by atomic mass is 9.88. The normalized spacial score (nSPS) is 17.5. The van der Waals surface area contributed by atoms with Crippen LogP contribution in [0.5, 0.6) is 0 Å². The van der Waals surface area contributed by atoms with Crippen LogP contribution in [-0.2, 0) is 14.4 Å². The van der Waals surface area contributed by atoms with E-state index in [4.69, 9.17) is 0 Å². The molecule has 0 spiro atoms. The van der Waals surface area contributed by atoms with Gasteiger partial charge in [-0.05, 0) is 38.1 Å². The number of nitrogens with one attached hydrogen (secondary N) is 2. The summed E-state index contributed by atoms with van der Waals surface area (Å²) in [5.41, 5.74) is -0.442. The van der Waals surface area contributed by atoms with Crippen LogP contribution in [0, 0.1) is 5.41 Å². The molecule has 7 nitrogen and oxygen atoms in total. The predicted molar refractivity (Wildman–Crippen MR) is 75.6 cm³/mol. The van der Waals surface area contributed by atoms with E-state index in [1.807, 2.05) is 0 Å².